The van der Waals surface area contributed by atoms with E-state index in [1.807, 2.05) is 86.4 Å². The predicted molar refractivity (Wildman–Crippen MR) is 118 cm³/mol. The van der Waals surface area contributed by atoms with Crippen LogP contribution in [0.1, 0.15) is 31.9 Å². The molecule has 1 heterocycles. The van der Waals surface area contributed by atoms with Crippen LogP contribution in [0, 0.1) is 0 Å². The van der Waals surface area contributed by atoms with Gasteiger partial charge in [-0.15, -0.1) is 0 Å². The Morgan fingerprint density at radius 2 is 1.42 bits per heavy atom. The second kappa shape index (κ2) is 10.3. The lowest BCUT2D eigenvalue weighted by atomic mass is 10.2. The highest BCUT2D eigenvalue weighted by Gasteiger charge is 2.30. The summed E-state index contributed by atoms with van der Waals surface area (Å²) >= 11 is 0. The number of nitrogens with zero attached hydrogens (tertiary/aromatic N) is 3. The summed E-state index contributed by atoms with van der Waals surface area (Å²) in [5.41, 5.74) is 1.41. The highest BCUT2D eigenvalue weighted by Crippen LogP contribution is 2.16. The lowest BCUT2D eigenvalue weighted by Crippen LogP contribution is -2.56. The van der Waals surface area contributed by atoms with Crippen molar-refractivity contribution in [3.63, 3.8) is 0 Å². The van der Waals surface area contributed by atoms with Crippen LogP contribution in [0.25, 0.3) is 0 Å². The van der Waals surface area contributed by atoms with Gasteiger partial charge in [-0.2, -0.15) is 0 Å². The Morgan fingerprint density at radius 3 is 1.97 bits per heavy atom. The maximum Gasteiger partial charge on any atom is 0.425 e. The van der Waals surface area contributed by atoms with Crippen molar-refractivity contribution in [2.75, 3.05) is 26.2 Å². The molecule has 166 valence electrons. The first-order chi connectivity index (χ1) is 14.8. The topological polar surface area (TPSA) is 62.3 Å². The molecule has 2 aromatic carbocycles. The zero-order valence-electron chi connectivity index (χ0n) is 18.5. The molecule has 0 spiro atoms. The van der Waals surface area contributed by atoms with Gasteiger partial charge >= 0.3 is 12.2 Å². The number of rotatable bonds is 5. The van der Waals surface area contributed by atoms with E-state index in [1.54, 1.807) is 9.91 Å². The molecule has 0 saturated carbocycles. The lowest BCUT2D eigenvalue weighted by molar-refractivity contribution is -0.0592. The first kappa shape index (κ1) is 22.6. The molecule has 2 amide bonds. The van der Waals surface area contributed by atoms with E-state index in [0.717, 1.165) is 11.1 Å². The van der Waals surface area contributed by atoms with Crippen molar-refractivity contribution in [3.8, 4) is 0 Å². The summed E-state index contributed by atoms with van der Waals surface area (Å²) in [6.07, 6.45) is -0.730. The number of amides is 2. The molecule has 1 aliphatic rings. The van der Waals surface area contributed by atoms with Crippen LogP contribution in [0.15, 0.2) is 60.7 Å². The molecule has 7 nitrogen and oxygen atoms in total. The van der Waals surface area contributed by atoms with Gasteiger partial charge in [0.1, 0.15) is 12.2 Å². The smallest absolute Gasteiger partial charge is 0.425 e. The van der Waals surface area contributed by atoms with E-state index in [4.69, 9.17) is 9.47 Å². The van der Waals surface area contributed by atoms with E-state index in [1.165, 1.54) is 0 Å². The molecule has 2 aromatic rings. The number of carbonyl (C=O) groups is 2. The Morgan fingerprint density at radius 1 is 0.871 bits per heavy atom. The molecule has 1 fully saturated rings. The third kappa shape index (κ3) is 7.00. The third-order valence-corrected chi connectivity index (χ3v) is 4.84. The molecule has 3 rings (SSSR count). The summed E-state index contributed by atoms with van der Waals surface area (Å²) in [4.78, 5) is 27.0. The number of carbonyl (C=O) groups excluding carboxylic acids is 2. The minimum absolute atomic E-state index is 0.211. The number of piperazine rings is 1. The average molecular weight is 426 g/mol. The van der Waals surface area contributed by atoms with Gasteiger partial charge in [-0.3, -0.25) is 0 Å². The van der Waals surface area contributed by atoms with E-state index in [2.05, 4.69) is 0 Å². The number of hydrogen-bond donors (Lipinski definition) is 0. The average Bonchev–Trinajstić information content (AvgIpc) is 2.76. The van der Waals surface area contributed by atoms with Crippen LogP contribution in [-0.4, -0.2) is 58.9 Å². The Kier molecular flexibility index (Phi) is 7.52. The number of ether oxygens (including phenoxy) is 2. The van der Waals surface area contributed by atoms with Crippen molar-refractivity contribution in [2.45, 2.75) is 39.5 Å². The molecule has 1 aliphatic heterocycles. The van der Waals surface area contributed by atoms with E-state index >= 15 is 0 Å². The monoisotopic (exact) mass is 425 g/mol. The van der Waals surface area contributed by atoms with Crippen LogP contribution in [0.4, 0.5) is 9.59 Å². The fourth-order valence-electron chi connectivity index (χ4n) is 3.28. The molecular formula is C24H31N3O4. The van der Waals surface area contributed by atoms with Gasteiger partial charge in [0.25, 0.3) is 0 Å². The molecule has 0 bridgehead atoms. The summed E-state index contributed by atoms with van der Waals surface area (Å²) < 4.78 is 11.1. The van der Waals surface area contributed by atoms with Crippen molar-refractivity contribution in [3.05, 3.63) is 71.8 Å². The van der Waals surface area contributed by atoms with Crippen LogP contribution >= 0.6 is 0 Å². The molecule has 0 radical (unpaired) electrons. The summed E-state index contributed by atoms with van der Waals surface area (Å²) in [6, 6.07) is 19.4. The van der Waals surface area contributed by atoms with E-state index in [0.29, 0.717) is 32.7 Å². The van der Waals surface area contributed by atoms with Crippen molar-refractivity contribution in [1.82, 2.24) is 14.9 Å². The van der Waals surface area contributed by atoms with Crippen molar-refractivity contribution in [2.24, 2.45) is 0 Å². The predicted octanol–water partition coefficient (Wildman–Crippen LogP) is 4.29. The van der Waals surface area contributed by atoms with Crippen LogP contribution in [-0.2, 0) is 22.6 Å². The standard InChI is InChI=1S/C24H31N3O4/c1-24(2,3)31-22(28)25-14-16-26(17-15-25)27(18-20-10-6-4-7-11-20)23(29)30-19-21-12-8-5-9-13-21/h4-13H,14-19H2,1-3H3. The molecular weight excluding hydrogens is 394 g/mol. The van der Waals surface area contributed by atoms with Gasteiger partial charge in [0.05, 0.1) is 6.54 Å². The molecule has 1 saturated heterocycles. The van der Waals surface area contributed by atoms with Gasteiger partial charge in [0, 0.05) is 26.2 Å². The van der Waals surface area contributed by atoms with Crippen LogP contribution in [0.5, 0.6) is 0 Å². The maximum absolute atomic E-state index is 13.0. The minimum Gasteiger partial charge on any atom is -0.444 e. The molecule has 31 heavy (non-hydrogen) atoms. The molecule has 0 N–H and O–H groups in total. The summed E-state index contributed by atoms with van der Waals surface area (Å²) in [7, 11) is 0. The zero-order chi connectivity index (χ0) is 22.3. The first-order valence-corrected chi connectivity index (χ1v) is 10.6. The van der Waals surface area contributed by atoms with Crippen LogP contribution in [0.3, 0.4) is 0 Å². The third-order valence-electron chi connectivity index (χ3n) is 4.84. The summed E-state index contributed by atoms with van der Waals surface area (Å²) in [6.45, 7) is 8.17. The Hall–Kier alpha value is -3.06. The van der Waals surface area contributed by atoms with Crippen LogP contribution in [0.2, 0.25) is 0 Å². The fourth-order valence-corrected chi connectivity index (χ4v) is 3.28. The molecule has 0 unspecified atom stereocenters. The highest BCUT2D eigenvalue weighted by molar-refractivity contribution is 5.69. The normalized spacial score (nSPS) is 14.7. The summed E-state index contributed by atoms with van der Waals surface area (Å²) in [5, 5.41) is 3.58. The van der Waals surface area contributed by atoms with E-state index in [-0.39, 0.29) is 12.7 Å². The van der Waals surface area contributed by atoms with Gasteiger partial charge in [-0.25, -0.2) is 19.6 Å². The lowest BCUT2D eigenvalue weighted by Gasteiger charge is -2.40. The second-order valence-electron chi connectivity index (χ2n) is 8.50. The molecule has 0 aliphatic carbocycles. The maximum atomic E-state index is 13.0. The largest absolute Gasteiger partial charge is 0.444 e. The molecule has 7 heteroatoms. The van der Waals surface area contributed by atoms with Crippen molar-refractivity contribution >= 4 is 12.2 Å². The highest BCUT2D eigenvalue weighted by atomic mass is 16.6. The number of benzene rings is 2. The van der Waals surface area contributed by atoms with Gasteiger partial charge in [-0.05, 0) is 31.9 Å². The summed E-state index contributed by atoms with van der Waals surface area (Å²) in [5.74, 6) is 0. The Labute approximate surface area is 184 Å². The fraction of sp³-hybridized carbons (Fsp3) is 0.417. The van der Waals surface area contributed by atoms with E-state index < -0.39 is 11.7 Å². The number of hydrogen-bond acceptors (Lipinski definition) is 5. The van der Waals surface area contributed by atoms with Gasteiger partial charge in [0.2, 0.25) is 0 Å². The van der Waals surface area contributed by atoms with Crippen molar-refractivity contribution < 1.29 is 19.1 Å². The SMILES string of the molecule is CC(C)(C)OC(=O)N1CCN(N(Cc2ccccc2)C(=O)OCc2ccccc2)CC1. The Balaban J connectivity index is 1.64. The quantitative estimate of drug-likeness (QED) is 0.715. The zero-order valence-corrected chi connectivity index (χ0v) is 18.5. The van der Waals surface area contributed by atoms with Crippen molar-refractivity contribution in [1.29, 1.82) is 0 Å². The van der Waals surface area contributed by atoms with Gasteiger partial charge < -0.3 is 14.4 Å². The molecule has 0 aromatic heterocycles. The van der Waals surface area contributed by atoms with Crippen LogP contribution < -0.4 is 0 Å². The molecule has 0 atom stereocenters. The van der Waals surface area contributed by atoms with E-state index in [9.17, 15) is 9.59 Å². The van der Waals surface area contributed by atoms with Gasteiger partial charge in [-0.1, -0.05) is 60.7 Å². The second-order valence-corrected chi connectivity index (χ2v) is 8.50. The Bertz CT molecular complexity index is 844. The first-order valence-electron chi connectivity index (χ1n) is 10.6. The van der Waals surface area contributed by atoms with Gasteiger partial charge in [0.15, 0.2) is 0 Å². The number of hydrazine groups is 1. The minimum atomic E-state index is -0.533.